The lowest BCUT2D eigenvalue weighted by atomic mass is 9.44. The second-order valence-electron chi connectivity index (χ2n) is 11.6. The average molecular weight is 431 g/mol. The van der Waals surface area contributed by atoms with Gasteiger partial charge in [0.05, 0.1) is 7.11 Å². The monoisotopic (exact) mass is 430 g/mol. The number of hydrogen-bond donors (Lipinski definition) is 0. The van der Waals surface area contributed by atoms with Gasteiger partial charge in [-0.3, -0.25) is 4.79 Å². The standard InChI is InChI=1S/C27H42O4/c1-17(6-11-25(29)30-5)22-9-10-23-21-8-7-19-16-20(31-18(2)28)12-14-26(19,3)24(21)13-15-27(22,23)4/h6,11,17,19-24H,7-10,12-16H2,1-5H3. The van der Waals surface area contributed by atoms with Gasteiger partial charge in [0.15, 0.2) is 0 Å². The van der Waals surface area contributed by atoms with Crippen molar-refractivity contribution in [3.05, 3.63) is 12.2 Å². The summed E-state index contributed by atoms with van der Waals surface area (Å²) in [6.07, 6.45) is 15.1. The highest BCUT2D eigenvalue weighted by Gasteiger charge is 2.60. The fourth-order valence-electron chi connectivity index (χ4n) is 8.90. The van der Waals surface area contributed by atoms with Crippen molar-refractivity contribution >= 4 is 11.9 Å². The number of methoxy groups -OCH3 is 1. The molecule has 0 amide bonds. The van der Waals surface area contributed by atoms with Gasteiger partial charge in [-0.25, -0.2) is 4.79 Å². The molecule has 4 fully saturated rings. The number of carbonyl (C=O) groups is 2. The zero-order chi connectivity index (χ0) is 22.4. The van der Waals surface area contributed by atoms with Crippen LogP contribution in [0.5, 0.6) is 0 Å². The Balaban J connectivity index is 1.48. The van der Waals surface area contributed by atoms with Gasteiger partial charge in [-0.05, 0) is 104 Å². The molecule has 9 atom stereocenters. The maximum absolute atomic E-state index is 11.6. The van der Waals surface area contributed by atoms with Crippen molar-refractivity contribution < 1.29 is 19.1 Å². The number of carbonyl (C=O) groups excluding carboxylic acids is 2. The third kappa shape index (κ3) is 3.97. The van der Waals surface area contributed by atoms with E-state index >= 15 is 0 Å². The third-order valence-corrected chi connectivity index (χ3v) is 10.4. The van der Waals surface area contributed by atoms with Crippen LogP contribution >= 0.6 is 0 Å². The quantitative estimate of drug-likeness (QED) is 0.409. The van der Waals surface area contributed by atoms with Crippen LogP contribution in [0.4, 0.5) is 0 Å². The Hall–Kier alpha value is -1.32. The molecule has 0 aromatic rings. The number of esters is 2. The Morgan fingerprint density at radius 3 is 2.39 bits per heavy atom. The van der Waals surface area contributed by atoms with Gasteiger partial charge < -0.3 is 9.47 Å². The Morgan fingerprint density at radius 1 is 0.968 bits per heavy atom. The summed E-state index contributed by atoms with van der Waals surface area (Å²) in [6, 6.07) is 0. The maximum atomic E-state index is 11.6. The molecule has 4 aliphatic carbocycles. The van der Waals surface area contributed by atoms with E-state index in [2.05, 4.69) is 26.8 Å². The SMILES string of the molecule is COC(=O)C=CC(C)C1CCC2C3CCC4CC(OC(C)=O)CCC4(C)C3CCC12C. The van der Waals surface area contributed by atoms with Gasteiger partial charge in [-0.2, -0.15) is 0 Å². The first-order chi connectivity index (χ1) is 14.7. The highest BCUT2D eigenvalue weighted by atomic mass is 16.5. The van der Waals surface area contributed by atoms with Crippen LogP contribution in [0.3, 0.4) is 0 Å². The molecular formula is C27H42O4. The van der Waals surface area contributed by atoms with E-state index in [0.717, 1.165) is 30.6 Å². The van der Waals surface area contributed by atoms with Crippen LogP contribution in [0.15, 0.2) is 12.2 Å². The molecule has 0 saturated heterocycles. The molecule has 0 N–H and O–H groups in total. The van der Waals surface area contributed by atoms with Crippen molar-refractivity contribution in [1.82, 2.24) is 0 Å². The van der Waals surface area contributed by atoms with E-state index in [1.165, 1.54) is 52.1 Å². The van der Waals surface area contributed by atoms with E-state index in [-0.39, 0.29) is 18.0 Å². The smallest absolute Gasteiger partial charge is 0.330 e. The predicted molar refractivity (Wildman–Crippen MR) is 121 cm³/mol. The highest BCUT2D eigenvalue weighted by Crippen LogP contribution is 2.68. The van der Waals surface area contributed by atoms with Crippen LogP contribution in [0, 0.1) is 46.3 Å². The van der Waals surface area contributed by atoms with Crippen molar-refractivity contribution in [2.45, 2.75) is 91.6 Å². The lowest BCUT2D eigenvalue weighted by molar-refractivity contribution is -0.160. The summed E-state index contributed by atoms with van der Waals surface area (Å²) in [6.45, 7) is 8.96. The Labute approximate surface area is 188 Å². The minimum Gasteiger partial charge on any atom is -0.466 e. The minimum absolute atomic E-state index is 0.122. The van der Waals surface area contributed by atoms with Crippen molar-refractivity contribution in [1.29, 1.82) is 0 Å². The van der Waals surface area contributed by atoms with E-state index < -0.39 is 0 Å². The van der Waals surface area contributed by atoms with Gasteiger partial charge in [-0.15, -0.1) is 0 Å². The summed E-state index contributed by atoms with van der Waals surface area (Å²) in [7, 11) is 1.45. The molecule has 4 rings (SSSR count). The number of ether oxygens (including phenoxy) is 2. The lowest BCUT2D eigenvalue weighted by Gasteiger charge is -2.61. The van der Waals surface area contributed by atoms with Crippen molar-refractivity contribution in [2.75, 3.05) is 7.11 Å². The van der Waals surface area contributed by atoms with E-state index in [1.54, 1.807) is 13.0 Å². The molecule has 0 aromatic carbocycles. The maximum Gasteiger partial charge on any atom is 0.330 e. The average Bonchev–Trinajstić information content (AvgIpc) is 3.09. The van der Waals surface area contributed by atoms with Gasteiger partial charge >= 0.3 is 11.9 Å². The fourth-order valence-corrected chi connectivity index (χ4v) is 8.90. The van der Waals surface area contributed by atoms with Crippen LogP contribution in [0.1, 0.15) is 85.5 Å². The Bertz CT molecular complexity index is 729. The van der Waals surface area contributed by atoms with E-state index in [9.17, 15) is 9.59 Å². The first kappa shape index (κ1) is 22.9. The zero-order valence-electron chi connectivity index (χ0n) is 20.2. The molecule has 4 saturated carbocycles. The topological polar surface area (TPSA) is 52.6 Å². The predicted octanol–water partition coefficient (Wildman–Crippen LogP) is 5.94. The van der Waals surface area contributed by atoms with Gasteiger partial charge in [0, 0.05) is 13.0 Å². The van der Waals surface area contributed by atoms with Crippen molar-refractivity contribution in [2.24, 2.45) is 46.3 Å². The summed E-state index contributed by atoms with van der Waals surface area (Å²) in [4.78, 5) is 23.1. The van der Waals surface area contributed by atoms with Crippen molar-refractivity contribution in [3.63, 3.8) is 0 Å². The van der Waals surface area contributed by atoms with Gasteiger partial charge in [0.25, 0.3) is 0 Å². The normalized spacial score (nSPS) is 45.3. The molecule has 0 spiro atoms. The molecule has 174 valence electrons. The number of hydrogen-bond acceptors (Lipinski definition) is 4. The van der Waals surface area contributed by atoms with Gasteiger partial charge in [0.1, 0.15) is 6.10 Å². The Kier molecular flexibility index (Phi) is 6.31. The second-order valence-corrected chi connectivity index (χ2v) is 11.6. The van der Waals surface area contributed by atoms with Crippen LogP contribution in [-0.4, -0.2) is 25.2 Å². The molecule has 9 unspecified atom stereocenters. The molecule has 4 heteroatoms. The lowest BCUT2D eigenvalue weighted by Crippen LogP contribution is -2.54. The zero-order valence-corrected chi connectivity index (χ0v) is 20.2. The third-order valence-electron chi connectivity index (χ3n) is 10.4. The summed E-state index contributed by atoms with van der Waals surface area (Å²) in [5, 5.41) is 0. The summed E-state index contributed by atoms with van der Waals surface area (Å²) >= 11 is 0. The summed E-state index contributed by atoms with van der Waals surface area (Å²) < 4.78 is 10.4. The molecule has 0 bridgehead atoms. The molecule has 0 aromatic heterocycles. The number of rotatable bonds is 4. The van der Waals surface area contributed by atoms with Crippen LogP contribution < -0.4 is 0 Å². The molecule has 0 aliphatic heterocycles. The van der Waals surface area contributed by atoms with Crippen LogP contribution in [-0.2, 0) is 19.1 Å². The van der Waals surface area contributed by atoms with Crippen LogP contribution in [0.2, 0.25) is 0 Å². The highest BCUT2D eigenvalue weighted by molar-refractivity contribution is 5.81. The summed E-state index contributed by atoms with van der Waals surface area (Å²) in [5.74, 6) is 3.88. The minimum atomic E-state index is -0.245. The summed E-state index contributed by atoms with van der Waals surface area (Å²) in [5.41, 5.74) is 0.800. The largest absolute Gasteiger partial charge is 0.466 e. The van der Waals surface area contributed by atoms with E-state index in [4.69, 9.17) is 9.47 Å². The number of allylic oxidation sites excluding steroid dienone is 1. The second kappa shape index (κ2) is 8.56. The first-order valence-electron chi connectivity index (χ1n) is 12.6. The molecule has 4 aliphatic rings. The Morgan fingerprint density at radius 2 is 1.68 bits per heavy atom. The first-order valence-corrected chi connectivity index (χ1v) is 12.6. The molecule has 0 heterocycles. The molecule has 31 heavy (non-hydrogen) atoms. The molecule has 4 nitrogen and oxygen atoms in total. The van der Waals surface area contributed by atoms with E-state index in [0.29, 0.717) is 28.6 Å². The van der Waals surface area contributed by atoms with Crippen molar-refractivity contribution in [3.8, 4) is 0 Å². The number of fused-ring (bicyclic) bond motifs is 5. The van der Waals surface area contributed by atoms with E-state index in [1.807, 2.05) is 0 Å². The van der Waals surface area contributed by atoms with Gasteiger partial charge in [0.2, 0.25) is 0 Å². The fraction of sp³-hybridized carbons (Fsp3) is 0.852. The molecular weight excluding hydrogens is 388 g/mol. The molecule has 0 radical (unpaired) electrons. The van der Waals surface area contributed by atoms with Gasteiger partial charge in [-0.1, -0.05) is 26.8 Å². The van der Waals surface area contributed by atoms with Crippen LogP contribution in [0.25, 0.3) is 0 Å².